The highest BCUT2D eigenvalue weighted by Crippen LogP contribution is 2.37. The van der Waals surface area contributed by atoms with Crippen molar-refractivity contribution in [3.63, 3.8) is 0 Å². The summed E-state index contributed by atoms with van der Waals surface area (Å²) in [7, 11) is 3.76. The standard InChI is InChI=1S/C23H34N4O/c1-27(2)23(28)22(17-11-13-24-14-12-17)26-18-9-7-16(8-10-18)20-15-25-21-6-4-3-5-19(20)21/h3-6,15-18,22,24-26H,7-14H2,1-2H3. The van der Waals surface area contributed by atoms with Crippen molar-refractivity contribution in [3.8, 4) is 0 Å². The number of hydrogen-bond donors (Lipinski definition) is 3. The number of aromatic nitrogens is 1. The van der Waals surface area contributed by atoms with Crippen molar-refractivity contribution in [1.29, 1.82) is 0 Å². The van der Waals surface area contributed by atoms with Gasteiger partial charge in [0.15, 0.2) is 0 Å². The van der Waals surface area contributed by atoms with Gasteiger partial charge in [-0.2, -0.15) is 0 Å². The molecule has 5 heteroatoms. The molecule has 3 N–H and O–H groups in total. The molecular weight excluding hydrogens is 348 g/mol. The number of piperidine rings is 1. The van der Waals surface area contributed by atoms with Gasteiger partial charge in [0, 0.05) is 37.2 Å². The molecule has 1 amide bonds. The maximum atomic E-state index is 12.9. The molecule has 1 atom stereocenters. The fourth-order valence-corrected chi connectivity index (χ4v) is 5.12. The topological polar surface area (TPSA) is 60.2 Å². The minimum absolute atomic E-state index is 0.0354. The number of nitrogens with one attached hydrogen (secondary N) is 3. The van der Waals surface area contributed by atoms with E-state index < -0.39 is 0 Å². The molecule has 5 nitrogen and oxygen atoms in total. The molecule has 2 heterocycles. The zero-order valence-electron chi connectivity index (χ0n) is 17.2. The highest BCUT2D eigenvalue weighted by atomic mass is 16.2. The maximum Gasteiger partial charge on any atom is 0.239 e. The number of aromatic amines is 1. The molecular formula is C23H34N4O. The van der Waals surface area contributed by atoms with Crippen molar-refractivity contribution in [3.05, 3.63) is 36.0 Å². The van der Waals surface area contributed by atoms with Crippen molar-refractivity contribution in [2.24, 2.45) is 5.92 Å². The van der Waals surface area contributed by atoms with Crippen molar-refractivity contribution >= 4 is 16.8 Å². The van der Waals surface area contributed by atoms with E-state index in [2.05, 4.69) is 46.1 Å². The molecule has 0 spiro atoms. The molecule has 1 saturated heterocycles. The number of nitrogens with zero attached hydrogens (tertiary/aromatic N) is 1. The molecule has 2 aromatic rings. The Morgan fingerprint density at radius 1 is 1.07 bits per heavy atom. The third kappa shape index (κ3) is 4.11. The zero-order valence-corrected chi connectivity index (χ0v) is 17.2. The first-order chi connectivity index (χ1) is 13.6. The van der Waals surface area contributed by atoms with Gasteiger partial charge in [0.25, 0.3) is 0 Å². The molecule has 1 saturated carbocycles. The van der Waals surface area contributed by atoms with E-state index in [0.717, 1.165) is 38.8 Å². The summed E-state index contributed by atoms with van der Waals surface area (Å²) >= 11 is 0. The van der Waals surface area contributed by atoms with Crippen LogP contribution in [0, 0.1) is 5.92 Å². The molecule has 152 valence electrons. The van der Waals surface area contributed by atoms with E-state index in [1.807, 2.05) is 14.1 Å². The minimum Gasteiger partial charge on any atom is -0.361 e. The number of H-pyrrole nitrogens is 1. The van der Waals surface area contributed by atoms with Crippen LogP contribution in [0.3, 0.4) is 0 Å². The van der Waals surface area contributed by atoms with Gasteiger partial charge in [-0.05, 0) is 75.1 Å². The Labute approximate surface area is 168 Å². The van der Waals surface area contributed by atoms with Gasteiger partial charge < -0.3 is 20.5 Å². The smallest absolute Gasteiger partial charge is 0.239 e. The van der Waals surface area contributed by atoms with Crippen LogP contribution in [0.15, 0.2) is 30.5 Å². The first-order valence-electron chi connectivity index (χ1n) is 10.9. The number of hydrogen-bond acceptors (Lipinski definition) is 3. The van der Waals surface area contributed by atoms with Crippen LogP contribution in [0.1, 0.15) is 50.0 Å². The Morgan fingerprint density at radius 3 is 2.50 bits per heavy atom. The molecule has 2 aliphatic rings. The van der Waals surface area contributed by atoms with Crippen LogP contribution in [-0.2, 0) is 4.79 Å². The van der Waals surface area contributed by atoms with Crippen LogP contribution in [0.4, 0.5) is 0 Å². The maximum absolute atomic E-state index is 12.9. The summed E-state index contributed by atoms with van der Waals surface area (Å²) in [5.41, 5.74) is 2.70. The molecule has 1 aliphatic carbocycles. The Balaban J connectivity index is 1.40. The molecule has 0 radical (unpaired) electrons. The van der Waals surface area contributed by atoms with Gasteiger partial charge in [-0.25, -0.2) is 0 Å². The van der Waals surface area contributed by atoms with E-state index in [4.69, 9.17) is 0 Å². The molecule has 0 bridgehead atoms. The predicted molar refractivity (Wildman–Crippen MR) is 115 cm³/mol. The van der Waals surface area contributed by atoms with Gasteiger partial charge >= 0.3 is 0 Å². The Bertz CT molecular complexity index is 785. The lowest BCUT2D eigenvalue weighted by atomic mass is 9.80. The van der Waals surface area contributed by atoms with E-state index in [1.54, 1.807) is 4.90 Å². The number of amides is 1. The fraction of sp³-hybridized carbons (Fsp3) is 0.609. The number of para-hydroxylation sites is 1. The van der Waals surface area contributed by atoms with Crippen molar-refractivity contribution in [2.45, 2.75) is 56.5 Å². The van der Waals surface area contributed by atoms with Crippen LogP contribution in [0.2, 0.25) is 0 Å². The number of carbonyl (C=O) groups excluding carboxylic acids is 1. The largest absolute Gasteiger partial charge is 0.361 e. The predicted octanol–water partition coefficient (Wildman–Crippen LogP) is 3.24. The third-order valence-electron chi connectivity index (χ3n) is 6.77. The number of carbonyl (C=O) groups is 1. The zero-order chi connectivity index (χ0) is 19.5. The lowest BCUT2D eigenvalue weighted by molar-refractivity contribution is -0.133. The normalized spacial score (nSPS) is 24.9. The van der Waals surface area contributed by atoms with E-state index in [0.29, 0.717) is 17.9 Å². The van der Waals surface area contributed by atoms with Gasteiger partial charge in [0.05, 0.1) is 6.04 Å². The van der Waals surface area contributed by atoms with Gasteiger partial charge in [0.1, 0.15) is 0 Å². The summed E-state index contributed by atoms with van der Waals surface area (Å²) < 4.78 is 0. The third-order valence-corrected chi connectivity index (χ3v) is 6.77. The Morgan fingerprint density at radius 2 is 1.79 bits per heavy atom. The van der Waals surface area contributed by atoms with Crippen LogP contribution in [0.5, 0.6) is 0 Å². The second-order valence-corrected chi connectivity index (χ2v) is 8.80. The lowest BCUT2D eigenvalue weighted by Gasteiger charge is -2.37. The molecule has 4 rings (SSSR count). The molecule has 1 aliphatic heterocycles. The van der Waals surface area contributed by atoms with Crippen LogP contribution in [-0.4, -0.2) is 55.1 Å². The van der Waals surface area contributed by atoms with Gasteiger partial charge in [0.2, 0.25) is 5.91 Å². The van der Waals surface area contributed by atoms with Gasteiger partial charge in [-0.1, -0.05) is 18.2 Å². The average Bonchev–Trinajstić information content (AvgIpc) is 3.17. The van der Waals surface area contributed by atoms with E-state index >= 15 is 0 Å². The first kappa shape index (κ1) is 19.5. The summed E-state index contributed by atoms with van der Waals surface area (Å²) in [5, 5.41) is 8.57. The quantitative estimate of drug-likeness (QED) is 0.744. The van der Waals surface area contributed by atoms with E-state index in [-0.39, 0.29) is 11.9 Å². The first-order valence-corrected chi connectivity index (χ1v) is 10.9. The van der Waals surface area contributed by atoms with Gasteiger partial charge in [-0.3, -0.25) is 4.79 Å². The Kier molecular flexibility index (Phi) is 6.02. The van der Waals surface area contributed by atoms with Gasteiger partial charge in [-0.15, -0.1) is 0 Å². The lowest BCUT2D eigenvalue weighted by Crippen LogP contribution is -2.54. The molecule has 1 unspecified atom stereocenters. The number of benzene rings is 1. The van der Waals surface area contributed by atoms with Crippen molar-refractivity contribution in [2.75, 3.05) is 27.2 Å². The molecule has 2 fully saturated rings. The summed E-state index contributed by atoms with van der Waals surface area (Å²) in [6.45, 7) is 2.05. The highest BCUT2D eigenvalue weighted by Gasteiger charge is 2.33. The average molecular weight is 383 g/mol. The monoisotopic (exact) mass is 382 g/mol. The van der Waals surface area contributed by atoms with E-state index in [1.165, 1.54) is 29.3 Å². The number of rotatable bonds is 5. The molecule has 28 heavy (non-hydrogen) atoms. The second-order valence-electron chi connectivity index (χ2n) is 8.80. The summed E-state index contributed by atoms with van der Waals surface area (Å²) in [6.07, 6.45) is 9.04. The van der Waals surface area contributed by atoms with Crippen molar-refractivity contribution < 1.29 is 4.79 Å². The Hall–Kier alpha value is -1.85. The summed E-state index contributed by atoms with van der Waals surface area (Å²) in [5.74, 6) is 1.31. The van der Waals surface area contributed by atoms with E-state index in [9.17, 15) is 4.79 Å². The number of fused-ring (bicyclic) bond motifs is 1. The SMILES string of the molecule is CN(C)C(=O)C(NC1CCC(c2c[nH]c3ccccc23)CC1)C1CCNCC1. The van der Waals surface area contributed by atoms with Crippen LogP contribution in [0.25, 0.3) is 10.9 Å². The molecule has 1 aromatic heterocycles. The number of likely N-dealkylation sites (N-methyl/N-ethyl adjacent to an activating group) is 1. The molecule has 1 aromatic carbocycles. The van der Waals surface area contributed by atoms with Crippen LogP contribution < -0.4 is 10.6 Å². The summed E-state index contributed by atoms with van der Waals surface area (Å²) in [6, 6.07) is 9.02. The summed E-state index contributed by atoms with van der Waals surface area (Å²) in [4.78, 5) is 18.0. The minimum atomic E-state index is -0.0354. The second kappa shape index (κ2) is 8.66. The highest BCUT2D eigenvalue weighted by molar-refractivity contribution is 5.83. The van der Waals surface area contributed by atoms with Crippen LogP contribution >= 0.6 is 0 Å². The van der Waals surface area contributed by atoms with Crippen molar-refractivity contribution in [1.82, 2.24) is 20.5 Å². The fourth-order valence-electron chi connectivity index (χ4n) is 5.12.